The maximum absolute atomic E-state index is 12.6. The topological polar surface area (TPSA) is 51.2 Å². The number of hydrogen-bond donors (Lipinski definition) is 0. The van der Waals surface area contributed by atoms with E-state index in [4.69, 9.17) is 14.2 Å². The number of rotatable bonds is 3. The van der Waals surface area contributed by atoms with Crippen LogP contribution in [0, 0.1) is 5.92 Å². The number of carbonyl (C=O) groups excluding carboxylic acids is 1. The van der Waals surface area contributed by atoms with Crippen LogP contribution in [0.2, 0.25) is 0 Å². The van der Waals surface area contributed by atoms with Crippen molar-refractivity contribution >= 4 is 5.91 Å². The maximum atomic E-state index is 12.6. The first-order valence-electron chi connectivity index (χ1n) is 8.09. The molecule has 3 aliphatic heterocycles. The fourth-order valence-corrected chi connectivity index (χ4v) is 3.47. The molecule has 0 aromatic carbocycles. The molecule has 0 bridgehead atoms. The molecule has 0 radical (unpaired) electrons. The van der Waals surface area contributed by atoms with Crippen LogP contribution in [0.1, 0.15) is 19.8 Å². The molecule has 21 heavy (non-hydrogen) atoms. The van der Waals surface area contributed by atoms with Gasteiger partial charge in [0, 0.05) is 25.6 Å². The summed E-state index contributed by atoms with van der Waals surface area (Å²) in [5.41, 5.74) is 0. The zero-order chi connectivity index (χ0) is 14.7. The van der Waals surface area contributed by atoms with Gasteiger partial charge in [0.15, 0.2) is 6.29 Å². The van der Waals surface area contributed by atoms with Gasteiger partial charge in [0.1, 0.15) is 0 Å². The number of amides is 1. The molecule has 0 unspecified atom stereocenters. The Morgan fingerprint density at radius 2 is 1.81 bits per heavy atom. The van der Waals surface area contributed by atoms with Gasteiger partial charge >= 0.3 is 0 Å². The third-order valence-electron chi connectivity index (χ3n) is 4.75. The quantitative estimate of drug-likeness (QED) is 0.751. The number of ether oxygens (including phenoxy) is 3. The highest BCUT2D eigenvalue weighted by Gasteiger charge is 2.35. The summed E-state index contributed by atoms with van der Waals surface area (Å²) in [5, 5.41) is 0. The summed E-state index contributed by atoms with van der Waals surface area (Å²) in [6.45, 7) is 8.05. The monoisotopic (exact) mass is 298 g/mol. The highest BCUT2D eigenvalue weighted by molar-refractivity contribution is 5.81. The van der Waals surface area contributed by atoms with Crippen molar-refractivity contribution in [3.05, 3.63) is 0 Å². The second kappa shape index (κ2) is 7.05. The first-order chi connectivity index (χ1) is 10.3. The van der Waals surface area contributed by atoms with E-state index in [0.29, 0.717) is 32.3 Å². The largest absolute Gasteiger partial charge is 0.378 e. The summed E-state index contributed by atoms with van der Waals surface area (Å²) < 4.78 is 16.6. The van der Waals surface area contributed by atoms with Crippen molar-refractivity contribution in [1.82, 2.24) is 9.80 Å². The fourth-order valence-electron chi connectivity index (χ4n) is 3.47. The van der Waals surface area contributed by atoms with Crippen molar-refractivity contribution in [2.45, 2.75) is 32.1 Å². The van der Waals surface area contributed by atoms with Crippen molar-refractivity contribution in [3.8, 4) is 0 Å². The molecule has 3 heterocycles. The summed E-state index contributed by atoms with van der Waals surface area (Å²) in [5.74, 6) is 0.619. The minimum atomic E-state index is -0.0708. The van der Waals surface area contributed by atoms with Gasteiger partial charge in [0.2, 0.25) is 5.91 Å². The summed E-state index contributed by atoms with van der Waals surface area (Å²) in [4.78, 5) is 16.8. The summed E-state index contributed by atoms with van der Waals surface area (Å²) >= 11 is 0. The van der Waals surface area contributed by atoms with Crippen LogP contribution in [0.3, 0.4) is 0 Å². The van der Waals surface area contributed by atoms with Gasteiger partial charge in [0.25, 0.3) is 0 Å². The van der Waals surface area contributed by atoms with Crippen LogP contribution in [0.5, 0.6) is 0 Å². The molecule has 1 amide bonds. The molecule has 0 aliphatic carbocycles. The van der Waals surface area contributed by atoms with E-state index in [1.165, 1.54) is 0 Å². The maximum Gasteiger partial charge on any atom is 0.239 e. The van der Waals surface area contributed by atoms with E-state index in [2.05, 4.69) is 4.90 Å². The summed E-state index contributed by atoms with van der Waals surface area (Å²) in [7, 11) is 0. The number of carbonyl (C=O) groups is 1. The Morgan fingerprint density at radius 1 is 1.10 bits per heavy atom. The predicted molar refractivity (Wildman–Crippen MR) is 76.9 cm³/mol. The third kappa shape index (κ3) is 3.56. The SMILES string of the molecule is C[C@@H](C(=O)N1CCOCC1)N1CCC[C@H](C2OCCO2)C1. The second-order valence-corrected chi connectivity index (χ2v) is 6.12. The first kappa shape index (κ1) is 15.2. The Kier molecular flexibility index (Phi) is 5.11. The van der Waals surface area contributed by atoms with Crippen molar-refractivity contribution < 1.29 is 19.0 Å². The highest BCUT2D eigenvalue weighted by atomic mass is 16.7. The lowest BCUT2D eigenvalue weighted by Gasteiger charge is -2.39. The Morgan fingerprint density at radius 3 is 2.52 bits per heavy atom. The van der Waals surface area contributed by atoms with E-state index in [1.54, 1.807) is 0 Å². The molecule has 0 aromatic heterocycles. The average Bonchev–Trinajstić information content (AvgIpc) is 3.09. The molecular weight excluding hydrogens is 272 g/mol. The lowest BCUT2D eigenvalue weighted by molar-refractivity contribution is -0.144. The zero-order valence-corrected chi connectivity index (χ0v) is 12.8. The molecule has 6 nitrogen and oxygen atoms in total. The van der Waals surface area contributed by atoms with E-state index in [1.807, 2.05) is 11.8 Å². The third-order valence-corrected chi connectivity index (χ3v) is 4.75. The molecule has 120 valence electrons. The van der Waals surface area contributed by atoms with Gasteiger partial charge in [-0.2, -0.15) is 0 Å². The van der Waals surface area contributed by atoms with E-state index in [9.17, 15) is 4.79 Å². The minimum Gasteiger partial charge on any atom is -0.378 e. The van der Waals surface area contributed by atoms with Crippen LogP contribution >= 0.6 is 0 Å². The zero-order valence-electron chi connectivity index (χ0n) is 12.8. The Bertz CT molecular complexity index is 354. The van der Waals surface area contributed by atoms with Gasteiger partial charge in [-0.25, -0.2) is 0 Å². The van der Waals surface area contributed by atoms with Crippen LogP contribution in [-0.2, 0) is 19.0 Å². The van der Waals surface area contributed by atoms with Crippen LogP contribution in [0.4, 0.5) is 0 Å². The molecular formula is C15H26N2O4. The highest BCUT2D eigenvalue weighted by Crippen LogP contribution is 2.26. The van der Waals surface area contributed by atoms with Crippen LogP contribution in [0.15, 0.2) is 0 Å². The van der Waals surface area contributed by atoms with E-state index < -0.39 is 0 Å². The van der Waals surface area contributed by atoms with E-state index >= 15 is 0 Å². The molecule has 3 saturated heterocycles. The predicted octanol–water partition coefficient (Wildman–Crippen LogP) is 0.319. The van der Waals surface area contributed by atoms with E-state index in [-0.39, 0.29) is 18.2 Å². The lowest BCUT2D eigenvalue weighted by Crippen LogP contribution is -2.53. The number of nitrogens with zero attached hydrogens (tertiary/aromatic N) is 2. The normalized spacial score (nSPS) is 30.5. The summed E-state index contributed by atoms with van der Waals surface area (Å²) in [6, 6.07) is -0.0627. The molecule has 0 N–H and O–H groups in total. The number of piperidine rings is 1. The fraction of sp³-hybridized carbons (Fsp3) is 0.933. The molecule has 2 atom stereocenters. The van der Waals surface area contributed by atoms with Gasteiger partial charge in [-0.05, 0) is 26.3 Å². The number of likely N-dealkylation sites (tertiary alicyclic amines) is 1. The Balaban J connectivity index is 1.55. The Labute approximate surface area is 126 Å². The van der Waals surface area contributed by atoms with Crippen molar-refractivity contribution in [2.75, 3.05) is 52.6 Å². The number of hydrogen-bond acceptors (Lipinski definition) is 5. The van der Waals surface area contributed by atoms with Gasteiger partial charge in [-0.15, -0.1) is 0 Å². The number of morpholine rings is 1. The van der Waals surface area contributed by atoms with Gasteiger partial charge < -0.3 is 19.1 Å². The smallest absolute Gasteiger partial charge is 0.239 e. The standard InChI is InChI=1S/C15H26N2O4/c1-12(14(18)16-5-7-19-8-6-16)17-4-2-3-13(11-17)15-20-9-10-21-15/h12-13,15H,2-11H2,1H3/t12-,13-/m0/s1. The van der Waals surface area contributed by atoms with Gasteiger partial charge in [-0.1, -0.05) is 0 Å². The van der Waals surface area contributed by atoms with Gasteiger partial charge in [-0.3, -0.25) is 9.69 Å². The van der Waals surface area contributed by atoms with Crippen molar-refractivity contribution in [2.24, 2.45) is 5.92 Å². The van der Waals surface area contributed by atoms with Crippen LogP contribution < -0.4 is 0 Å². The van der Waals surface area contributed by atoms with Crippen molar-refractivity contribution in [1.29, 1.82) is 0 Å². The Hall–Kier alpha value is -0.690. The van der Waals surface area contributed by atoms with Crippen LogP contribution in [0.25, 0.3) is 0 Å². The molecule has 0 aromatic rings. The minimum absolute atomic E-state index is 0.0627. The molecule has 0 spiro atoms. The molecule has 3 rings (SSSR count). The second-order valence-electron chi connectivity index (χ2n) is 6.12. The molecule has 0 saturated carbocycles. The summed E-state index contributed by atoms with van der Waals surface area (Å²) in [6.07, 6.45) is 2.16. The van der Waals surface area contributed by atoms with Gasteiger partial charge in [0.05, 0.1) is 32.5 Å². The molecule has 3 aliphatic rings. The molecule has 6 heteroatoms. The van der Waals surface area contributed by atoms with E-state index in [0.717, 1.165) is 39.0 Å². The first-order valence-corrected chi connectivity index (χ1v) is 8.09. The lowest BCUT2D eigenvalue weighted by atomic mass is 9.96. The average molecular weight is 298 g/mol. The molecule has 3 fully saturated rings. The van der Waals surface area contributed by atoms with Crippen LogP contribution in [-0.4, -0.2) is 80.6 Å². The van der Waals surface area contributed by atoms with Crippen molar-refractivity contribution in [3.63, 3.8) is 0 Å².